The number of benzene rings is 1. The van der Waals surface area contributed by atoms with Gasteiger partial charge >= 0.3 is 12.1 Å². The molecule has 0 atom stereocenters. The smallest absolute Gasteiger partial charge is 0.334 e. The zero-order chi connectivity index (χ0) is 20.0. The third-order valence-corrected chi connectivity index (χ3v) is 4.60. The standard InChI is InChI=1S/C16H19N5O5S/c1-10-5-4-6-12(7-10)27(24,25)21-16(23)20-14-9-11(26-3)8-13(18-14)19-15(22)17-2/h4-9H,1-3H3,(H4,17,18,19,20,21,22,23). The van der Waals surface area contributed by atoms with Gasteiger partial charge in [-0.1, -0.05) is 12.1 Å². The van der Waals surface area contributed by atoms with Crippen LogP contribution in [0, 0.1) is 6.92 Å². The monoisotopic (exact) mass is 393 g/mol. The van der Waals surface area contributed by atoms with Crippen molar-refractivity contribution in [3.05, 3.63) is 42.0 Å². The van der Waals surface area contributed by atoms with Crippen molar-refractivity contribution < 1.29 is 22.7 Å². The van der Waals surface area contributed by atoms with E-state index in [9.17, 15) is 18.0 Å². The Hall–Kier alpha value is -3.34. The molecule has 0 fully saturated rings. The van der Waals surface area contributed by atoms with Gasteiger partial charge in [-0.05, 0) is 24.6 Å². The van der Waals surface area contributed by atoms with Crippen LogP contribution >= 0.6 is 0 Å². The topological polar surface area (TPSA) is 139 Å². The van der Waals surface area contributed by atoms with Crippen molar-refractivity contribution in [2.75, 3.05) is 24.8 Å². The molecule has 11 heteroatoms. The van der Waals surface area contributed by atoms with E-state index in [4.69, 9.17) is 4.74 Å². The molecule has 1 aromatic heterocycles. The Morgan fingerprint density at radius 2 is 1.67 bits per heavy atom. The first-order chi connectivity index (χ1) is 12.7. The van der Waals surface area contributed by atoms with Crippen molar-refractivity contribution in [2.24, 2.45) is 0 Å². The largest absolute Gasteiger partial charge is 0.496 e. The number of nitrogens with zero attached hydrogens (tertiary/aromatic N) is 1. The summed E-state index contributed by atoms with van der Waals surface area (Å²) >= 11 is 0. The number of hydrogen-bond acceptors (Lipinski definition) is 6. The van der Waals surface area contributed by atoms with Crippen LogP contribution in [0.1, 0.15) is 5.56 Å². The number of nitrogens with one attached hydrogen (secondary N) is 4. The number of aromatic nitrogens is 1. The highest BCUT2D eigenvalue weighted by molar-refractivity contribution is 7.90. The van der Waals surface area contributed by atoms with Crippen LogP contribution in [0.15, 0.2) is 41.3 Å². The van der Waals surface area contributed by atoms with Crippen LogP contribution in [0.2, 0.25) is 0 Å². The van der Waals surface area contributed by atoms with Crippen LogP contribution in [-0.2, 0) is 10.0 Å². The number of methoxy groups -OCH3 is 1. The molecule has 10 nitrogen and oxygen atoms in total. The molecule has 0 spiro atoms. The summed E-state index contributed by atoms with van der Waals surface area (Å²) in [5.41, 5.74) is 0.734. The highest BCUT2D eigenvalue weighted by Crippen LogP contribution is 2.20. The molecule has 0 radical (unpaired) electrons. The first kappa shape index (κ1) is 20.0. The van der Waals surface area contributed by atoms with Gasteiger partial charge in [-0.2, -0.15) is 0 Å². The van der Waals surface area contributed by atoms with Crippen molar-refractivity contribution >= 4 is 33.7 Å². The van der Waals surface area contributed by atoms with E-state index >= 15 is 0 Å². The van der Waals surface area contributed by atoms with Crippen LogP contribution in [0.3, 0.4) is 0 Å². The molecule has 27 heavy (non-hydrogen) atoms. The molecular weight excluding hydrogens is 374 g/mol. The number of sulfonamides is 1. The molecule has 0 aliphatic heterocycles. The lowest BCUT2D eigenvalue weighted by Gasteiger charge is -2.11. The third kappa shape index (κ3) is 5.57. The molecule has 2 rings (SSSR count). The summed E-state index contributed by atoms with van der Waals surface area (Å²) in [5, 5.41) is 7.08. The van der Waals surface area contributed by atoms with Crippen LogP contribution in [-0.4, -0.2) is 39.6 Å². The summed E-state index contributed by atoms with van der Waals surface area (Å²) < 4.78 is 31.5. The maximum Gasteiger partial charge on any atom is 0.334 e. The quantitative estimate of drug-likeness (QED) is 0.609. The zero-order valence-corrected chi connectivity index (χ0v) is 15.7. The van der Waals surface area contributed by atoms with E-state index < -0.39 is 22.1 Å². The molecule has 0 unspecified atom stereocenters. The second kappa shape index (κ2) is 8.36. The van der Waals surface area contributed by atoms with Crippen LogP contribution in [0.5, 0.6) is 5.75 Å². The van der Waals surface area contributed by atoms with Gasteiger partial charge in [0.15, 0.2) is 0 Å². The number of aryl methyl sites for hydroxylation is 1. The highest BCUT2D eigenvalue weighted by atomic mass is 32.2. The summed E-state index contributed by atoms with van der Waals surface area (Å²) in [6.45, 7) is 1.74. The number of carbonyl (C=O) groups excluding carboxylic acids is 2. The highest BCUT2D eigenvalue weighted by Gasteiger charge is 2.18. The summed E-state index contributed by atoms with van der Waals surface area (Å²) in [6, 6.07) is 7.39. The predicted molar refractivity (Wildman–Crippen MR) is 99.4 cm³/mol. The van der Waals surface area contributed by atoms with Gasteiger partial charge in [-0.3, -0.25) is 10.6 Å². The molecule has 0 aliphatic rings. The lowest BCUT2D eigenvalue weighted by molar-refractivity contribution is 0.253. The average molecular weight is 393 g/mol. The van der Waals surface area contributed by atoms with Gasteiger partial charge in [0.1, 0.15) is 17.4 Å². The number of ether oxygens (including phenoxy) is 1. The van der Waals surface area contributed by atoms with Gasteiger partial charge in [0.2, 0.25) is 0 Å². The minimum atomic E-state index is -4.05. The zero-order valence-electron chi connectivity index (χ0n) is 14.9. The first-order valence-electron chi connectivity index (χ1n) is 7.69. The molecule has 1 aromatic carbocycles. The van der Waals surface area contributed by atoms with Gasteiger partial charge in [-0.25, -0.2) is 27.7 Å². The fourth-order valence-electron chi connectivity index (χ4n) is 2.04. The minimum absolute atomic E-state index is 0.0160. The lowest BCUT2D eigenvalue weighted by Crippen LogP contribution is -2.34. The van der Waals surface area contributed by atoms with E-state index in [-0.39, 0.29) is 16.5 Å². The van der Waals surface area contributed by atoms with E-state index in [1.54, 1.807) is 19.1 Å². The van der Waals surface area contributed by atoms with Gasteiger partial charge in [-0.15, -0.1) is 0 Å². The molecular formula is C16H19N5O5S. The molecule has 0 saturated heterocycles. The Bertz CT molecular complexity index is 961. The van der Waals surface area contributed by atoms with Crippen molar-refractivity contribution in [3.63, 3.8) is 0 Å². The van der Waals surface area contributed by atoms with E-state index in [2.05, 4.69) is 20.9 Å². The fourth-order valence-corrected chi connectivity index (χ4v) is 3.05. The molecule has 0 saturated carbocycles. The summed E-state index contributed by atoms with van der Waals surface area (Å²) in [5.74, 6) is 0.386. The van der Waals surface area contributed by atoms with E-state index in [0.29, 0.717) is 5.75 Å². The molecule has 144 valence electrons. The number of anilines is 2. The minimum Gasteiger partial charge on any atom is -0.496 e. The second-order valence-electron chi connectivity index (χ2n) is 5.36. The first-order valence-corrected chi connectivity index (χ1v) is 9.17. The SMILES string of the molecule is CNC(=O)Nc1cc(OC)cc(NC(=O)NS(=O)(=O)c2cccc(C)c2)n1. The summed E-state index contributed by atoms with van der Waals surface area (Å²) in [4.78, 5) is 27.5. The number of pyridine rings is 1. The molecule has 4 N–H and O–H groups in total. The summed E-state index contributed by atoms with van der Waals surface area (Å²) in [6.07, 6.45) is 0. The lowest BCUT2D eigenvalue weighted by atomic mass is 10.2. The Morgan fingerprint density at radius 3 is 2.22 bits per heavy atom. The van der Waals surface area contributed by atoms with E-state index in [0.717, 1.165) is 5.56 Å². The van der Waals surface area contributed by atoms with E-state index in [1.807, 2.05) is 4.72 Å². The van der Waals surface area contributed by atoms with Gasteiger partial charge < -0.3 is 10.1 Å². The van der Waals surface area contributed by atoms with Gasteiger partial charge in [0.05, 0.1) is 12.0 Å². The molecule has 0 aliphatic carbocycles. The molecule has 2 aromatic rings. The van der Waals surface area contributed by atoms with Crippen molar-refractivity contribution in [3.8, 4) is 5.75 Å². The second-order valence-corrected chi connectivity index (χ2v) is 7.04. The van der Waals surface area contributed by atoms with Crippen LogP contribution in [0.4, 0.5) is 21.2 Å². The molecule has 1 heterocycles. The fraction of sp³-hybridized carbons (Fsp3) is 0.188. The number of rotatable bonds is 5. The van der Waals surface area contributed by atoms with Gasteiger partial charge in [0.25, 0.3) is 10.0 Å². The van der Waals surface area contributed by atoms with Crippen LogP contribution in [0.25, 0.3) is 0 Å². The normalized spacial score (nSPS) is 10.6. The van der Waals surface area contributed by atoms with Crippen molar-refractivity contribution in [1.82, 2.24) is 15.0 Å². The maximum absolute atomic E-state index is 12.3. The number of hydrogen-bond donors (Lipinski definition) is 4. The number of amides is 4. The Morgan fingerprint density at radius 1 is 1.04 bits per heavy atom. The predicted octanol–water partition coefficient (Wildman–Crippen LogP) is 1.66. The molecule has 4 amide bonds. The Labute approximate surface area is 156 Å². The van der Waals surface area contributed by atoms with Crippen LogP contribution < -0.4 is 25.4 Å². The Kier molecular flexibility index (Phi) is 6.19. The van der Waals surface area contributed by atoms with Crippen molar-refractivity contribution in [2.45, 2.75) is 11.8 Å². The number of urea groups is 2. The summed E-state index contributed by atoms with van der Waals surface area (Å²) in [7, 11) is -1.23. The molecule has 0 bridgehead atoms. The maximum atomic E-state index is 12.3. The third-order valence-electron chi connectivity index (χ3n) is 3.27. The average Bonchev–Trinajstić information content (AvgIpc) is 2.60. The van der Waals surface area contributed by atoms with Crippen molar-refractivity contribution in [1.29, 1.82) is 0 Å². The number of carbonyl (C=O) groups is 2. The van der Waals surface area contributed by atoms with Gasteiger partial charge in [0, 0.05) is 19.2 Å². The van der Waals surface area contributed by atoms with E-state index in [1.165, 1.54) is 38.4 Å². The Balaban J connectivity index is 2.17.